The Kier molecular flexibility index (Phi) is 5.01. The van der Waals surface area contributed by atoms with Crippen LogP contribution in [-0.2, 0) is 21.0 Å². The summed E-state index contributed by atoms with van der Waals surface area (Å²) < 4.78 is 55.7. The van der Waals surface area contributed by atoms with Crippen molar-refractivity contribution in [2.45, 2.75) is 59.9 Å². The molecule has 0 aliphatic heterocycles. The molecule has 0 spiro atoms. The molecule has 1 saturated carbocycles. The lowest BCUT2D eigenvalue weighted by molar-refractivity contribution is -0.0824. The molecule has 4 rings (SSSR count). The maximum absolute atomic E-state index is 15.2. The molecule has 29 heavy (non-hydrogen) atoms. The summed E-state index contributed by atoms with van der Waals surface area (Å²) in [5.74, 6) is -1.56. The van der Waals surface area contributed by atoms with Crippen molar-refractivity contribution in [1.29, 1.82) is 0 Å². The van der Waals surface area contributed by atoms with Gasteiger partial charge in [-0.2, -0.15) is 0 Å². The van der Waals surface area contributed by atoms with Crippen LogP contribution in [0.4, 0.5) is 8.78 Å². The van der Waals surface area contributed by atoms with E-state index in [1.807, 2.05) is 0 Å². The smallest absolute Gasteiger partial charge is 0.191 e. The summed E-state index contributed by atoms with van der Waals surface area (Å²) in [6, 6.07) is 7.31. The van der Waals surface area contributed by atoms with Crippen LogP contribution in [0.1, 0.15) is 43.2 Å². The van der Waals surface area contributed by atoms with Gasteiger partial charge in [-0.1, -0.05) is 11.6 Å². The Bertz CT molecular complexity index is 1060. The van der Waals surface area contributed by atoms with Gasteiger partial charge in [0.15, 0.2) is 9.84 Å². The molecule has 2 N–H and O–H groups in total. The van der Waals surface area contributed by atoms with Gasteiger partial charge in [0.05, 0.1) is 16.6 Å². The van der Waals surface area contributed by atoms with E-state index in [1.165, 1.54) is 24.3 Å². The second-order valence-electron chi connectivity index (χ2n) is 7.95. The molecule has 0 saturated heterocycles. The Labute approximate surface area is 173 Å². The largest absolute Gasteiger partial charge is 0.393 e. The van der Waals surface area contributed by atoms with Gasteiger partial charge in [0.25, 0.3) is 0 Å². The van der Waals surface area contributed by atoms with Gasteiger partial charge in [0.2, 0.25) is 0 Å². The number of fused-ring (bicyclic) bond motifs is 3. The summed E-state index contributed by atoms with van der Waals surface area (Å²) in [7, 11) is -4.38. The van der Waals surface area contributed by atoms with E-state index in [0.717, 1.165) is 12.1 Å². The number of hydrogen-bond donors (Lipinski definition) is 2. The molecule has 0 amide bonds. The van der Waals surface area contributed by atoms with Crippen LogP contribution in [-0.4, -0.2) is 30.3 Å². The minimum absolute atomic E-state index is 0.00440. The fourth-order valence-corrected chi connectivity index (χ4v) is 7.67. The molecule has 0 bridgehead atoms. The fourth-order valence-electron chi connectivity index (χ4n) is 5.09. The number of hydrogen-bond acceptors (Lipinski definition) is 4. The third-order valence-corrected chi connectivity index (χ3v) is 9.21. The SMILES string of the molecule is O=S(=O)(c1ccc(Cl)cc1)[C@@]12CC[C@H](O)C[C@@]1(O)CCCc1c(F)ccc(F)c12. The Balaban J connectivity index is 2.10. The van der Waals surface area contributed by atoms with E-state index in [2.05, 4.69) is 0 Å². The highest BCUT2D eigenvalue weighted by atomic mass is 35.5. The highest BCUT2D eigenvalue weighted by Crippen LogP contribution is 2.57. The van der Waals surface area contributed by atoms with Crippen molar-refractivity contribution in [3.63, 3.8) is 0 Å². The lowest BCUT2D eigenvalue weighted by Crippen LogP contribution is -2.60. The molecular weight excluding hydrogens is 422 g/mol. The highest BCUT2D eigenvalue weighted by Gasteiger charge is 2.65. The van der Waals surface area contributed by atoms with Gasteiger partial charge >= 0.3 is 0 Å². The zero-order valence-electron chi connectivity index (χ0n) is 15.5. The molecule has 1 fully saturated rings. The van der Waals surface area contributed by atoms with Gasteiger partial charge in [-0.3, -0.25) is 0 Å². The molecule has 2 aliphatic rings. The lowest BCUT2D eigenvalue weighted by atomic mass is 9.68. The van der Waals surface area contributed by atoms with Crippen molar-refractivity contribution in [3.8, 4) is 0 Å². The summed E-state index contributed by atoms with van der Waals surface area (Å²) >= 11 is 5.90. The number of halogens is 3. The van der Waals surface area contributed by atoms with Crippen molar-refractivity contribution in [2.75, 3.05) is 0 Å². The predicted octanol–water partition coefficient (Wildman–Crippen LogP) is 3.90. The van der Waals surface area contributed by atoms with E-state index in [4.69, 9.17) is 11.6 Å². The maximum atomic E-state index is 15.2. The third kappa shape index (κ3) is 2.93. The molecule has 0 radical (unpaired) electrons. The number of benzene rings is 2. The van der Waals surface area contributed by atoms with Crippen LogP contribution in [0, 0.1) is 11.6 Å². The third-order valence-electron chi connectivity index (χ3n) is 6.36. The van der Waals surface area contributed by atoms with Gasteiger partial charge in [-0.05, 0) is 74.1 Å². The van der Waals surface area contributed by atoms with Crippen molar-refractivity contribution < 1.29 is 27.4 Å². The number of aliphatic hydroxyl groups excluding tert-OH is 1. The first-order chi connectivity index (χ1) is 13.6. The molecular formula is C21H21ClF2O4S. The lowest BCUT2D eigenvalue weighted by Gasteiger charge is -2.51. The predicted molar refractivity (Wildman–Crippen MR) is 104 cm³/mol. The Morgan fingerprint density at radius 1 is 1.03 bits per heavy atom. The van der Waals surface area contributed by atoms with Gasteiger partial charge in [-0.15, -0.1) is 0 Å². The molecule has 2 aromatic rings. The van der Waals surface area contributed by atoms with Crippen molar-refractivity contribution in [1.82, 2.24) is 0 Å². The summed E-state index contributed by atoms with van der Waals surface area (Å²) in [5, 5.41) is 22.2. The molecule has 2 aliphatic carbocycles. The van der Waals surface area contributed by atoms with Crippen LogP contribution in [0.3, 0.4) is 0 Å². The van der Waals surface area contributed by atoms with Crippen LogP contribution in [0.25, 0.3) is 0 Å². The van der Waals surface area contributed by atoms with E-state index >= 15 is 4.39 Å². The molecule has 0 aromatic heterocycles. The van der Waals surface area contributed by atoms with Crippen LogP contribution in [0.2, 0.25) is 5.02 Å². The van der Waals surface area contributed by atoms with E-state index in [9.17, 15) is 23.0 Å². The topological polar surface area (TPSA) is 74.6 Å². The molecule has 3 atom stereocenters. The van der Waals surface area contributed by atoms with E-state index in [1.54, 1.807) is 0 Å². The zero-order chi connectivity index (χ0) is 21.0. The molecule has 156 valence electrons. The minimum atomic E-state index is -4.38. The summed E-state index contributed by atoms with van der Waals surface area (Å²) in [5.41, 5.74) is -2.27. The van der Waals surface area contributed by atoms with Crippen molar-refractivity contribution in [2.24, 2.45) is 0 Å². The normalized spacial score (nSPS) is 29.6. The number of rotatable bonds is 2. The Hall–Kier alpha value is -1.54. The fraction of sp³-hybridized carbons (Fsp3) is 0.429. The van der Waals surface area contributed by atoms with Gasteiger partial charge < -0.3 is 10.2 Å². The average molecular weight is 443 g/mol. The minimum Gasteiger partial charge on any atom is -0.393 e. The molecule has 4 nitrogen and oxygen atoms in total. The molecule has 2 aromatic carbocycles. The first-order valence-corrected chi connectivity index (χ1v) is 11.4. The highest BCUT2D eigenvalue weighted by molar-refractivity contribution is 7.92. The Morgan fingerprint density at radius 2 is 1.69 bits per heavy atom. The quantitative estimate of drug-likeness (QED) is 0.739. The standard InChI is InChI=1S/C21H21ClF2O4S/c22-13-3-5-15(6-4-13)29(27,28)21-11-9-14(25)12-20(21,26)10-1-2-16-17(23)7-8-18(24)19(16)21/h3-8,14,25-26H,1-2,9-12H2/t14-,20-,21+/m0/s1. The van der Waals surface area contributed by atoms with Gasteiger partial charge in [-0.25, -0.2) is 17.2 Å². The number of sulfone groups is 1. The number of aliphatic hydroxyl groups is 2. The maximum Gasteiger partial charge on any atom is 0.191 e. The van der Waals surface area contributed by atoms with Crippen molar-refractivity contribution >= 4 is 21.4 Å². The van der Waals surface area contributed by atoms with Gasteiger partial charge in [0, 0.05) is 17.0 Å². The molecule has 8 heteroatoms. The zero-order valence-corrected chi connectivity index (χ0v) is 17.1. The first-order valence-electron chi connectivity index (χ1n) is 9.50. The average Bonchev–Trinajstić information content (AvgIpc) is 2.80. The second kappa shape index (κ2) is 7.01. The van der Waals surface area contributed by atoms with Crippen LogP contribution in [0.5, 0.6) is 0 Å². The van der Waals surface area contributed by atoms with Gasteiger partial charge in [0.1, 0.15) is 16.4 Å². The second-order valence-corrected chi connectivity index (χ2v) is 10.6. The van der Waals surface area contributed by atoms with E-state index in [-0.39, 0.29) is 54.5 Å². The summed E-state index contributed by atoms with van der Waals surface area (Å²) in [6.45, 7) is 0. The van der Waals surface area contributed by atoms with Crippen LogP contribution >= 0.6 is 11.6 Å². The first kappa shape index (κ1) is 20.7. The van der Waals surface area contributed by atoms with E-state index < -0.39 is 37.9 Å². The van der Waals surface area contributed by atoms with E-state index in [0.29, 0.717) is 5.02 Å². The Morgan fingerprint density at radius 3 is 2.38 bits per heavy atom. The van der Waals surface area contributed by atoms with Crippen LogP contribution in [0.15, 0.2) is 41.3 Å². The summed E-state index contributed by atoms with van der Waals surface area (Å²) in [4.78, 5) is -0.131. The van der Waals surface area contributed by atoms with Crippen LogP contribution < -0.4 is 0 Å². The molecule has 0 heterocycles. The monoisotopic (exact) mass is 442 g/mol. The summed E-state index contributed by atoms with van der Waals surface area (Å²) in [6.07, 6.45) is -0.941. The molecule has 0 unspecified atom stereocenters. The van der Waals surface area contributed by atoms with Crippen molar-refractivity contribution in [3.05, 3.63) is 64.2 Å².